The lowest BCUT2D eigenvalue weighted by Gasteiger charge is -2.54. The van der Waals surface area contributed by atoms with Crippen molar-refractivity contribution < 1.29 is 14.4 Å². The summed E-state index contributed by atoms with van der Waals surface area (Å²) in [5, 5.41) is 10.3. The molecule has 1 saturated carbocycles. The normalized spacial score (nSPS) is 18.6. The molecule has 0 aromatic rings. The molecule has 0 radical (unpaired) electrons. The summed E-state index contributed by atoms with van der Waals surface area (Å²) in [7, 11) is 6.24. The number of aliphatic carboxylic acids is 1. The first-order valence-corrected chi connectivity index (χ1v) is 13.8. The summed E-state index contributed by atoms with van der Waals surface area (Å²) in [5.74, 6) is -0.604. The summed E-state index contributed by atoms with van der Waals surface area (Å²) in [6, 6.07) is 0. The maximum atomic E-state index is 12.5. The first-order chi connectivity index (χ1) is 14.7. The van der Waals surface area contributed by atoms with Crippen LogP contribution in [0.4, 0.5) is 0 Å². The second kappa shape index (κ2) is 14.6. The van der Waals surface area contributed by atoms with Crippen molar-refractivity contribution in [2.24, 2.45) is 5.41 Å². The van der Waals surface area contributed by atoms with Gasteiger partial charge in [0.1, 0.15) is 0 Å². The van der Waals surface area contributed by atoms with Crippen LogP contribution in [0.1, 0.15) is 142 Å². The van der Waals surface area contributed by atoms with Crippen LogP contribution in [-0.2, 0) is 4.79 Å². The SMILES string of the molecule is CCCCCCCCCCCCCCCCC1(C(C)(C(=O)O)[N+](C)(C)C)CCCCC1. The molecule has 0 spiro atoms. The predicted molar refractivity (Wildman–Crippen MR) is 135 cm³/mol. The molecule has 1 N–H and O–H groups in total. The molecule has 31 heavy (non-hydrogen) atoms. The fourth-order valence-electron chi connectivity index (χ4n) is 6.09. The van der Waals surface area contributed by atoms with Crippen molar-refractivity contribution in [3.05, 3.63) is 0 Å². The highest BCUT2D eigenvalue weighted by Gasteiger charge is 2.61. The number of likely N-dealkylation sites (N-methyl/N-ethyl adjacent to an activating group) is 1. The Hall–Kier alpha value is -0.570. The molecule has 1 fully saturated rings. The molecule has 1 aliphatic carbocycles. The van der Waals surface area contributed by atoms with Crippen LogP contribution in [0, 0.1) is 5.41 Å². The monoisotopic (exact) mass is 438 g/mol. The number of quaternary nitrogens is 1. The standard InChI is InChI=1S/C28H55NO2/c1-6-7-8-9-10-11-12-13-14-15-16-17-18-20-23-28(24-21-19-22-25-28)27(2,26(30)31)29(3,4)5/h6-25H2,1-5H3/p+1. The van der Waals surface area contributed by atoms with Crippen molar-refractivity contribution in [1.82, 2.24) is 0 Å². The number of carbonyl (C=O) groups is 1. The van der Waals surface area contributed by atoms with Gasteiger partial charge in [0.05, 0.1) is 21.1 Å². The van der Waals surface area contributed by atoms with E-state index in [1.54, 1.807) is 0 Å². The smallest absolute Gasteiger partial charge is 0.366 e. The Morgan fingerprint density at radius 2 is 1.13 bits per heavy atom. The van der Waals surface area contributed by atoms with E-state index < -0.39 is 11.5 Å². The molecule has 3 heteroatoms. The number of carboxylic acid groups (broad SMARTS) is 1. The topological polar surface area (TPSA) is 37.3 Å². The second-order valence-electron chi connectivity index (χ2n) is 11.6. The zero-order chi connectivity index (χ0) is 23.2. The van der Waals surface area contributed by atoms with E-state index in [0.717, 1.165) is 19.3 Å². The zero-order valence-electron chi connectivity index (χ0n) is 21.9. The first kappa shape index (κ1) is 28.5. The van der Waals surface area contributed by atoms with E-state index in [-0.39, 0.29) is 5.41 Å². The van der Waals surface area contributed by atoms with Gasteiger partial charge in [0.15, 0.2) is 5.54 Å². The summed E-state index contributed by atoms with van der Waals surface area (Å²) in [6.45, 7) is 4.32. The minimum Gasteiger partial charge on any atom is -0.477 e. The van der Waals surface area contributed by atoms with Gasteiger partial charge in [-0.1, -0.05) is 116 Å². The summed E-state index contributed by atoms with van der Waals surface area (Å²) < 4.78 is 0.515. The summed E-state index contributed by atoms with van der Waals surface area (Å²) in [4.78, 5) is 12.5. The molecule has 0 bridgehead atoms. The van der Waals surface area contributed by atoms with Gasteiger partial charge in [-0.25, -0.2) is 4.79 Å². The van der Waals surface area contributed by atoms with Crippen LogP contribution in [0.5, 0.6) is 0 Å². The lowest BCUT2D eigenvalue weighted by molar-refractivity contribution is -0.921. The maximum Gasteiger partial charge on any atom is 0.366 e. The molecular weight excluding hydrogens is 382 g/mol. The predicted octanol–water partition coefficient (Wildman–Crippen LogP) is 8.36. The number of rotatable bonds is 18. The molecular formula is C28H56NO2+. The van der Waals surface area contributed by atoms with Crippen molar-refractivity contribution in [1.29, 1.82) is 0 Å². The number of carboxylic acids is 1. The van der Waals surface area contributed by atoms with Crippen LogP contribution in [0.2, 0.25) is 0 Å². The van der Waals surface area contributed by atoms with E-state index >= 15 is 0 Å². The Balaban J connectivity index is 2.28. The maximum absolute atomic E-state index is 12.5. The van der Waals surface area contributed by atoms with Crippen molar-refractivity contribution >= 4 is 5.97 Å². The average molecular weight is 439 g/mol. The summed E-state index contributed by atoms with van der Waals surface area (Å²) in [5.41, 5.74) is -0.754. The fourth-order valence-corrected chi connectivity index (χ4v) is 6.09. The highest BCUT2D eigenvalue weighted by atomic mass is 16.4. The number of hydrogen-bond donors (Lipinski definition) is 1. The van der Waals surface area contributed by atoms with E-state index in [4.69, 9.17) is 0 Å². The zero-order valence-corrected chi connectivity index (χ0v) is 21.9. The van der Waals surface area contributed by atoms with Gasteiger partial charge < -0.3 is 9.59 Å². The highest BCUT2D eigenvalue weighted by molar-refractivity contribution is 5.78. The Morgan fingerprint density at radius 3 is 1.48 bits per heavy atom. The van der Waals surface area contributed by atoms with Gasteiger partial charge in [0.25, 0.3) is 0 Å². The number of unbranched alkanes of at least 4 members (excludes halogenated alkanes) is 13. The molecule has 3 nitrogen and oxygen atoms in total. The van der Waals surface area contributed by atoms with E-state index in [0.29, 0.717) is 4.48 Å². The van der Waals surface area contributed by atoms with Gasteiger partial charge in [-0.05, 0) is 19.3 Å². The highest BCUT2D eigenvalue weighted by Crippen LogP contribution is 2.52. The molecule has 184 valence electrons. The quantitative estimate of drug-likeness (QED) is 0.172. The minimum atomic E-state index is -0.704. The summed E-state index contributed by atoms with van der Waals surface area (Å²) in [6.07, 6.45) is 26.2. The largest absolute Gasteiger partial charge is 0.477 e. The van der Waals surface area contributed by atoms with E-state index in [2.05, 4.69) is 28.1 Å². The first-order valence-electron chi connectivity index (χ1n) is 13.8. The number of hydrogen-bond acceptors (Lipinski definition) is 1. The van der Waals surface area contributed by atoms with Crippen molar-refractivity contribution in [2.45, 2.75) is 148 Å². The van der Waals surface area contributed by atoms with Gasteiger partial charge in [-0.15, -0.1) is 0 Å². The molecule has 0 saturated heterocycles. The fraction of sp³-hybridized carbons (Fsp3) is 0.964. The van der Waals surface area contributed by atoms with Crippen LogP contribution >= 0.6 is 0 Å². The van der Waals surface area contributed by atoms with Gasteiger partial charge in [-0.3, -0.25) is 0 Å². The molecule has 1 aliphatic rings. The Labute approximate surface area is 195 Å². The third-order valence-corrected chi connectivity index (χ3v) is 8.61. The number of nitrogens with zero attached hydrogens (tertiary/aromatic N) is 1. The van der Waals surface area contributed by atoms with Crippen molar-refractivity contribution in [2.75, 3.05) is 21.1 Å². The van der Waals surface area contributed by atoms with Gasteiger partial charge in [-0.2, -0.15) is 0 Å². The lowest BCUT2D eigenvalue weighted by Crippen LogP contribution is -2.69. The van der Waals surface area contributed by atoms with E-state index in [1.807, 2.05) is 6.92 Å². The Kier molecular flexibility index (Phi) is 13.4. The van der Waals surface area contributed by atoms with Crippen molar-refractivity contribution in [3.63, 3.8) is 0 Å². The molecule has 1 rings (SSSR count). The van der Waals surface area contributed by atoms with Gasteiger partial charge in [0.2, 0.25) is 0 Å². The van der Waals surface area contributed by atoms with Crippen molar-refractivity contribution in [3.8, 4) is 0 Å². The van der Waals surface area contributed by atoms with Gasteiger partial charge in [0, 0.05) is 12.3 Å². The van der Waals surface area contributed by atoms with Crippen LogP contribution in [0.15, 0.2) is 0 Å². The molecule has 0 heterocycles. The van der Waals surface area contributed by atoms with Crippen LogP contribution < -0.4 is 0 Å². The molecule has 0 aliphatic heterocycles. The molecule has 0 aromatic heterocycles. The Morgan fingerprint density at radius 1 is 0.742 bits per heavy atom. The van der Waals surface area contributed by atoms with Crippen LogP contribution in [0.25, 0.3) is 0 Å². The van der Waals surface area contributed by atoms with Crippen LogP contribution in [0.3, 0.4) is 0 Å². The third kappa shape index (κ3) is 8.71. The lowest BCUT2D eigenvalue weighted by atomic mass is 9.58. The van der Waals surface area contributed by atoms with Gasteiger partial charge >= 0.3 is 5.97 Å². The molecule has 0 aromatic carbocycles. The van der Waals surface area contributed by atoms with Crippen LogP contribution in [-0.4, -0.2) is 42.2 Å². The minimum absolute atomic E-state index is 0.0491. The second-order valence-corrected chi connectivity index (χ2v) is 11.6. The molecule has 1 unspecified atom stereocenters. The Bertz CT molecular complexity index is 476. The average Bonchev–Trinajstić information content (AvgIpc) is 2.73. The molecule has 0 amide bonds. The molecule has 1 atom stereocenters. The van der Waals surface area contributed by atoms with E-state index in [9.17, 15) is 9.90 Å². The summed E-state index contributed by atoms with van der Waals surface area (Å²) >= 11 is 0. The third-order valence-electron chi connectivity index (χ3n) is 8.61. The van der Waals surface area contributed by atoms with E-state index in [1.165, 1.54) is 109 Å².